The molecule has 0 saturated carbocycles. The van der Waals surface area contributed by atoms with E-state index >= 15 is 0 Å². The van der Waals surface area contributed by atoms with Gasteiger partial charge in [0.15, 0.2) is 6.61 Å². The first-order valence-electron chi connectivity index (χ1n) is 5.72. The Balaban J connectivity index is 2.55. The molecule has 0 spiro atoms. The van der Waals surface area contributed by atoms with Gasteiger partial charge in [-0.1, -0.05) is 19.1 Å². The summed E-state index contributed by atoms with van der Waals surface area (Å²) in [6, 6.07) is 7.51. The van der Waals surface area contributed by atoms with Gasteiger partial charge < -0.3 is 15.2 Å². The molecular weight excluding hydrogens is 248 g/mol. The standard InChI is InChI=1S/C13H14N2O4/c1-2-10(13(17)18)15-12(16)8-19-11-6-4-3-5-9(11)7-14/h3-6,10H,2,8H2,1H3,(H,15,16)(H,17,18). The highest BCUT2D eigenvalue weighted by atomic mass is 16.5. The number of nitrogens with one attached hydrogen (secondary N) is 1. The second kappa shape index (κ2) is 7.01. The summed E-state index contributed by atoms with van der Waals surface area (Å²) in [6.45, 7) is 1.33. The van der Waals surface area contributed by atoms with Crippen LogP contribution in [0.15, 0.2) is 24.3 Å². The molecule has 0 heterocycles. The van der Waals surface area contributed by atoms with Gasteiger partial charge in [-0.05, 0) is 18.6 Å². The molecule has 1 amide bonds. The van der Waals surface area contributed by atoms with Crippen molar-refractivity contribution in [3.63, 3.8) is 0 Å². The third-order valence-electron chi connectivity index (χ3n) is 2.41. The van der Waals surface area contributed by atoms with Crippen molar-refractivity contribution < 1.29 is 19.4 Å². The molecule has 0 aliphatic carbocycles. The van der Waals surface area contributed by atoms with Gasteiger partial charge in [0.1, 0.15) is 17.9 Å². The third-order valence-corrected chi connectivity index (χ3v) is 2.41. The molecule has 6 nitrogen and oxygen atoms in total. The number of amides is 1. The van der Waals surface area contributed by atoms with E-state index in [4.69, 9.17) is 15.1 Å². The third kappa shape index (κ3) is 4.32. The molecule has 19 heavy (non-hydrogen) atoms. The predicted molar refractivity (Wildman–Crippen MR) is 66.5 cm³/mol. The van der Waals surface area contributed by atoms with Crippen molar-refractivity contribution in [2.45, 2.75) is 19.4 Å². The maximum absolute atomic E-state index is 11.5. The normalized spacial score (nSPS) is 11.2. The Kier molecular flexibility index (Phi) is 5.35. The number of nitrogens with zero attached hydrogens (tertiary/aromatic N) is 1. The molecule has 2 N–H and O–H groups in total. The molecule has 1 aromatic carbocycles. The molecule has 100 valence electrons. The largest absolute Gasteiger partial charge is 0.482 e. The van der Waals surface area contributed by atoms with Crippen LogP contribution in [0.3, 0.4) is 0 Å². The molecule has 0 radical (unpaired) electrons. The van der Waals surface area contributed by atoms with Crippen LogP contribution in [0.5, 0.6) is 5.75 Å². The zero-order valence-corrected chi connectivity index (χ0v) is 10.4. The van der Waals surface area contributed by atoms with Gasteiger partial charge in [-0.3, -0.25) is 4.79 Å². The molecule has 1 rings (SSSR count). The van der Waals surface area contributed by atoms with Gasteiger partial charge in [0.2, 0.25) is 0 Å². The van der Waals surface area contributed by atoms with Gasteiger partial charge in [-0.2, -0.15) is 5.26 Å². The van der Waals surface area contributed by atoms with Crippen molar-refractivity contribution in [3.05, 3.63) is 29.8 Å². The van der Waals surface area contributed by atoms with Gasteiger partial charge in [0.05, 0.1) is 5.56 Å². The van der Waals surface area contributed by atoms with Crippen LogP contribution >= 0.6 is 0 Å². The fraction of sp³-hybridized carbons (Fsp3) is 0.308. The van der Waals surface area contributed by atoms with Gasteiger partial charge in [0, 0.05) is 0 Å². The molecule has 0 aliphatic rings. The minimum Gasteiger partial charge on any atom is -0.482 e. The fourth-order valence-corrected chi connectivity index (χ4v) is 1.40. The van der Waals surface area contributed by atoms with Crippen LogP contribution in [0.25, 0.3) is 0 Å². The lowest BCUT2D eigenvalue weighted by Gasteiger charge is -2.13. The van der Waals surface area contributed by atoms with Crippen molar-refractivity contribution >= 4 is 11.9 Å². The van der Waals surface area contributed by atoms with Crippen molar-refractivity contribution in [1.29, 1.82) is 5.26 Å². The molecule has 0 saturated heterocycles. The Morgan fingerprint density at radius 3 is 2.74 bits per heavy atom. The maximum atomic E-state index is 11.5. The van der Waals surface area contributed by atoms with Crippen LogP contribution in [-0.4, -0.2) is 29.6 Å². The van der Waals surface area contributed by atoms with Crippen LogP contribution in [0.4, 0.5) is 0 Å². The summed E-state index contributed by atoms with van der Waals surface area (Å²) in [7, 11) is 0. The van der Waals surface area contributed by atoms with Crippen molar-refractivity contribution in [3.8, 4) is 11.8 Å². The van der Waals surface area contributed by atoms with E-state index in [9.17, 15) is 9.59 Å². The summed E-state index contributed by atoms with van der Waals surface area (Å²) < 4.78 is 5.19. The van der Waals surface area contributed by atoms with Gasteiger partial charge in [0.25, 0.3) is 5.91 Å². The number of hydrogen-bond acceptors (Lipinski definition) is 4. The van der Waals surface area contributed by atoms with E-state index in [1.54, 1.807) is 31.2 Å². The number of carboxylic acid groups (broad SMARTS) is 1. The Labute approximate surface area is 110 Å². The van der Waals surface area contributed by atoms with E-state index in [0.29, 0.717) is 11.3 Å². The number of rotatable bonds is 6. The average Bonchev–Trinajstić information content (AvgIpc) is 2.42. The number of carbonyl (C=O) groups excluding carboxylic acids is 1. The monoisotopic (exact) mass is 262 g/mol. The van der Waals surface area contributed by atoms with Gasteiger partial charge >= 0.3 is 5.97 Å². The first-order chi connectivity index (χ1) is 9.08. The number of benzene rings is 1. The number of hydrogen-bond donors (Lipinski definition) is 2. The highest BCUT2D eigenvalue weighted by Crippen LogP contribution is 2.16. The Hall–Kier alpha value is -2.55. The first kappa shape index (κ1) is 14.5. The van der Waals surface area contributed by atoms with Gasteiger partial charge in [-0.15, -0.1) is 0 Å². The number of ether oxygens (including phenoxy) is 1. The smallest absolute Gasteiger partial charge is 0.326 e. The van der Waals surface area contributed by atoms with E-state index in [1.807, 2.05) is 6.07 Å². The van der Waals surface area contributed by atoms with Crippen LogP contribution in [0.2, 0.25) is 0 Å². The number of nitriles is 1. The fourth-order valence-electron chi connectivity index (χ4n) is 1.40. The lowest BCUT2D eigenvalue weighted by Crippen LogP contribution is -2.42. The highest BCUT2D eigenvalue weighted by Gasteiger charge is 2.17. The number of para-hydroxylation sites is 1. The molecule has 0 aliphatic heterocycles. The minimum absolute atomic E-state index is 0.288. The number of aliphatic carboxylic acids is 1. The van der Waals surface area contributed by atoms with Gasteiger partial charge in [-0.25, -0.2) is 4.79 Å². The van der Waals surface area contributed by atoms with E-state index in [1.165, 1.54) is 0 Å². The van der Waals surface area contributed by atoms with Crippen LogP contribution < -0.4 is 10.1 Å². The minimum atomic E-state index is -1.09. The molecule has 0 aromatic heterocycles. The molecule has 1 atom stereocenters. The van der Waals surface area contributed by atoms with Crippen molar-refractivity contribution in [2.24, 2.45) is 0 Å². The topological polar surface area (TPSA) is 99.4 Å². The SMILES string of the molecule is CCC(NC(=O)COc1ccccc1C#N)C(=O)O. The van der Waals surface area contributed by atoms with Crippen LogP contribution in [0.1, 0.15) is 18.9 Å². The molecule has 0 bridgehead atoms. The summed E-state index contributed by atoms with van der Waals surface area (Å²) in [4.78, 5) is 22.2. The Morgan fingerprint density at radius 2 is 2.16 bits per heavy atom. The Bertz CT molecular complexity index is 508. The second-order valence-electron chi connectivity index (χ2n) is 3.76. The van der Waals surface area contributed by atoms with E-state index in [0.717, 1.165) is 0 Å². The summed E-state index contributed by atoms with van der Waals surface area (Å²) in [6.07, 6.45) is 0.288. The maximum Gasteiger partial charge on any atom is 0.326 e. The average molecular weight is 262 g/mol. The van der Waals surface area contributed by atoms with Crippen molar-refractivity contribution in [2.75, 3.05) is 6.61 Å². The lowest BCUT2D eigenvalue weighted by atomic mass is 10.2. The van der Waals surface area contributed by atoms with E-state index < -0.39 is 17.9 Å². The predicted octanol–water partition coefficient (Wildman–Crippen LogP) is 0.916. The Morgan fingerprint density at radius 1 is 1.47 bits per heavy atom. The summed E-state index contributed by atoms with van der Waals surface area (Å²) in [5.41, 5.74) is 0.320. The summed E-state index contributed by atoms with van der Waals surface area (Å²) >= 11 is 0. The quantitative estimate of drug-likeness (QED) is 0.794. The molecule has 1 aromatic rings. The molecule has 1 unspecified atom stereocenters. The lowest BCUT2D eigenvalue weighted by molar-refractivity contribution is -0.142. The molecule has 0 fully saturated rings. The summed E-state index contributed by atoms with van der Waals surface area (Å²) in [5, 5.41) is 20.0. The zero-order chi connectivity index (χ0) is 14.3. The zero-order valence-electron chi connectivity index (χ0n) is 10.4. The van der Waals surface area contributed by atoms with E-state index in [-0.39, 0.29) is 13.0 Å². The van der Waals surface area contributed by atoms with Crippen molar-refractivity contribution in [1.82, 2.24) is 5.32 Å². The number of carboxylic acids is 1. The second-order valence-corrected chi connectivity index (χ2v) is 3.76. The van der Waals surface area contributed by atoms with E-state index in [2.05, 4.69) is 5.32 Å². The molecule has 6 heteroatoms. The van der Waals surface area contributed by atoms with Crippen LogP contribution in [0, 0.1) is 11.3 Å². The molecular formula is C13H14N2O4. The van der Waals surface area contributed by atoms with Crippen LogP contribution in [-0.2, 0) is 9.59 Å². The highest BCUT2D eigenvalue weighted by molar-refractivity contribution is 5.84. The number of carbonyl (C=O) groups is 2. The summed E-state index contributed by atoms with van der Waals surface area (Å²) in [5.74, 6) is -1.33. The first-order valence-corrected chi connectivity index (χ1v) is 5.72.